The van der Waals surface area contributed by atoms with Gasteiger partial charge in [0.05, 0.1) is 6.61 Å². The highest BCUT2D eigenvalue weighted by Gasteiger charge is 2.45. The zero-order chi connectivity index (χ0) is 14.6. The van der Waals surface area contributed by atoms with Crippen LogP contribution in [0.25, 0.3) is 0 Å². The number of aliphatic hydroxyl groups excluding tert-OH is 4. The number of rotatable bonds is 6. The molecule has 1 fully saturated rings. The van der Waals surface area contributed by atoms with Gasteiger partial charge in [-0.3, -0.25) is 0 Å². The number of ether oxygens (including phenoxy) is 1. The molecule has 1 aliphatic rings. The van der Waals surface area contributed by atoms with E-state index in [1.165, 1.54) is 0 Å². The molecule has 0 aromatic heterocycles. The van der Waals surface area contributed by atoms with Crippen molar-refractivity contribution >= 4 is 8.32 Å². The monoisotopic (exact) mass is 294 g/mol. The van der Waals surface area contributed by atoms with E-state index in [4.69, 9.17) is 14.3 Å². The highest BCUT2D eigenvalue weighted by atomic mass is 28.4. The Morgan fingerprint density at radius 1 is 1.11 bits per heavy atom. The predicted molar refractivity (Wildman–Crippen MR) is 72.0 cm³/mol. The first-order valence-corrected chi connectivity index (χ1v) is 9.92. The lowest BCUT2D eigenvalue weighted by atomic mass is 10.00. The quantitative estimate of drug-likeness (QED) is 0.507. The standard InChI is InChI=1S/C12H26O6Si/c1-4-5-6-19(2,3)18-12-11(16)10(15)9(14)8(7-13)17-12/h8-16H,4-7H2,1-3H3/t8-,9-,10+,11-,12-/m1/s1. The molecule has 6 nitrogen and oxygen atoms in total. The normalized spacial score (nSPS) is 36.5. The largest absolute Gasteiger partial charge is 0.394 e. The van der Waals surface area contributed by atoms with Crippen LogP contribution in [0.5, 0.6) is 0 Å². The highest BCUT2D eigenvalue weighted by molar-refractivity contribution is 6.71. The third-order valence-electron chi connectivity index (χ3n) is 3.42. The van der Waals surface area contributed by atoms with Crippen molar-refractivity contribution in [2.45, 2.75) is 69.6 Å². The molecule has 0 bridgehead atoms. The van der Waals surface area contributed by atoms with E-state index in [1.807, 2.05) is 13.1 Å². The van der Waals surface area contributed by atoms with Crippen molar-refractivity contribution in [3.63, 3.8) is 0 Å². The van der Waals surface area contributed by atoms with Crippen LogP contribution in [0.1, 0.15) is 19.8 Å². The molecule has 0 aromatic rings. The molecule has 19 heavy (non-hydrogen) atoms. The van der Waals surface area contributed by atoms with Crippen LogP contribution < -0.4 is 0 Å². The summed E-state index contributed by atoms with van der Waals surface area (Å²) in [6.07, 6.45) is -3.79. The molecule has 0 spiro atoms. The molecule has 1 saturated heterocycles. The van der Waals surface area contributed by atoms with Crippen molar-refractivity contribution in [1.82, 2.24) is 0 Å². The van der Waals surface area contributed by atoms with Crippen LogP contribution >= 0.6 is 0 Å². The van der Waals surface area contributed by atoms with Gasteiger partial charge < -0.3 is 29.6 Å². The molecule has 114 valence electrons. The van der Waals surface area contributed by atoms with E-state index in [0.29, 0.717) is 0 Å². The summed E-state index contributed by atoms with van der Waals surface area (Å²) in [4.78, 5) is 0. The molecule has 7 heteroatoms. The molecule has 0 amide bonds. The van der Waals surface area contributed by atoms with Crippen LogP contribution in [0.2, 0.25) is 19.1 Å². The van der Waals surface area contributed by atoms with E-state index in [0.717, 1.165) is 18.9 Å². The topological polar surface area (TPSA) is 99.4 Å². The van der Waals surface area contributed by atoms with Crippen molar-refractivity contribution in [3.8, 4) is 0 Å². The first kappa shape index (κ1) is 17.0. The molecule has 0 aromatic carbocycles. The van der Waals surface area contributed by atoms with Crippen molar-refractivity contribution in [1.29, 1.82) is 0 Å². The third-order valence-corrected chi connectivity index (χ3v) is 5.84. The maximum absolute atomic E-state index is 9.89. The summed E-state index contributed by atoms with van der Waals surface area (Å²) < 4.78 is 11.2. The molecule has 5 atom stereocenters. The first-order valence-electron chi connectivity index (χ1n) is 6.80. The highest BCUT2D eigenvalue weighted by Crippen LogP contribution is 2.26. The van der Waals surface area contributed by atoms with Gasteiger partial charge in [-0.25, -0.2) is 0 Å². The van der Waals surface area contributed by atoms with Crippen LogP contribution in [-0.2, 0) is 9.16 Å². The number of hydrogen-bond donors (Lipinski definition) is 4. The summed E-state index contributed by atoms with van der Waals surface area (Å²) in [6, 6.07) is 0.929. The Hall–Kier alpha value is -0.0231. The van der Waals surface area contributed by atoms with Gasteiger partial charge in [0.25, 0.3) is 0 Å². The summed E-state index contributed by atoms with van der Waals surface area (Å²) in [7, 11) is -2.01. The number of hydrogen-bond acceptors (Lipinski definition) is 6. The molecule has 1 aliphatic heterocycles. The second kappa shape index (κ2) is 7.12. The average molecular weight is 294 g/mol. The third kappa shape index (κ3) is 4.49. The second-order valence-electron chi connectivity index (χ2n) is 5.68. The van der Waals surface area contributed by atoms with E-state index < -0.39 is 45.6 Å². The lowest BCUT2D eigenvalue weighted by molar-refractivity contribution is -0.280. The molecular weight excluding hydrogens is 268 g/mol. The second-order valence-corrected chi connectivity index (χ2v) is 9.93. The summed E-state index contributed by atoms with van der Waals surface area (Å²) >= 11 is 0. The Bertz CT molecular complexity index is 273. The fraction of sp³-hybridized carbons (Fsp3) is 1.00. The smallest absolute Gasteiger partial charge is 0.190 e. The number of unbranched alkanes of at least 4 members (excludes halogenated alkanes) is 1. The Kier molecular flexibility index (Phi) is 6.38. The summed E-state index contributed by atoms with van der Waals surface area (Å²) in [5, 5.41) is 38.4. The Morgan fingerprint density at radius 3 is 2.26 bits per heavy atom. The van der Waals surface area contributed by atoms with E-state index in [9.17, 15) is 15.3 Å². The maximum Gasteiger partial charge on any atom is 0.190 e. The van der Waals surface area contributed by atoms with Crippen LogP contribution in [0.3, 0.4) is 0 Å². The minimum atomic E-state index is -2.01. The molecule has 0 unspecified atom stereocenters. The molecular formula is C12H26O6Si. The summed E-state index contributed by atoms with van der Waals surface area (Å²) in [5.74, 6) is 0. The van der Waals surface area contributed by atoms with Crippen molar-refractivity contribution in [2.75, 3.05) is 6.61 Å². The van der Waals surface area contributed by atoms with Crippen LogP contribution in [0, 0.1) is 0 Å². The van der Waals surface area contributed by atoms with Crippen LogP contribution in [-0.4, -0.2) is 66.1 Å². The van der Waals surface area contributed by atoms with Crippen LogP contribution in [0.4, 0.5) is 0 Å². The van der Waals surface area contributed by atoms with Crippen LogP contribution in [0.15, 0.2) is 0 Å². The lowest BCUT2D eigenvalue weighted by Gasteiger charge is -2.42. The Labute approximate surface area is 115 Å². The molecule has 4 N–H and O–H groups in total. The summed E-state index contributed by atoms with van der Waals surface area (Å²) in [5.41, 5.74) is 0. The summed E-state index contributed by atoms with van der Waals surface area (Å²) in [6.45, 7) is 5.70. The lowest BCUT2D eigenvalue weighted by Crippen LogP contribution is -2.60. The molecule has 1 rings (SSSR count). The minimum Gasteiger partial charge on any atom is -0.394 e. The van der Waals surface area contributed by atoms with Gasteiger partial charge in [0, 0.05) is 0 Å². The van der Waals surface area contributed by atoms with E-state index in [1.54, 1.807) is 0 Å². The van der Waals surface area contributed by atoms with Gasteiger partial charge in [-0.15, -0.1) is 0 Å². The minimum absolute atomic E-state index is 0.429. The maximum atomic E-state index is 9.89. The van der Waals surface area contributed by atoms with Crippen molar-refractivity contribution in [2.24, 2.45) is 0 Å². The van der Waals surface area contributed by atoms with E-state index in [-0.39, 0.29) is 0 Å². The van der Waals surface area contributed by atoms with Crippen molar-refractivity contribution in [3.05, 3.63) is 0 Å². The fourth-order valence-electron chi connectivity index (χ4n) is 2.14. The molecule has 0 radical (unpaired) electrons. The molecule has 1 heterocycles. The average Bonchev–Trinajstić information content (AvgIpc) is 2.37. The van der Waals surface area contributed by atoms with Gasteiger partial charge in [0.15, 0.2) is 14.6 Å². The van der Waals surface area contributed by atoms with E-state index >= 15 is 0 Å². The van der Waals surface area contributed by atoms with E-state index in [2.05, 4.69) is 6.92 Å². The first-order chi connectivity index (χ1) is 8.82. The van der Waals surface area contributed by atoms with Gasteiger partial charge >= 0.3 is 0 Å². The molecule has 0 saturated carbocycles. The zero-order valence-electron chi connectivity index (χ0n) is 11.8. The van der Waals surface area contributed by atoms with Gasteiger partial charge in [-0.1, -0.05) is 19.8 Å². The van der Waals surface area contributed by atoms with Gasteiger partial charge in [-0.05, 0) is 19.1 Å². The fourth-order valence-corrected chi connectivity index (χ4v) is 4.29. The van der Waals surface area contributed by atoms with Gasteiger partial charge in [-0.2, -0.15) is 0 Å². The Balaban J connectivity index is 2.65. The van der Waals surface area contributed by atoms with Crippen molar-refractivity contribution < 1.29 is 29.6 Å². The number of aliphatic hydroxyl groups is 4. The predicted octanol–water partition coefficient (Wildman–Crippen LogP) is -0.192. The zero-order valence-corrected chi connectivity index (χ0v) is 12.8. The van der Waals surface area contributed by atoms with Gasteiger partial charge in [0.1, 0.15) is 24.4 Å². The Morgan fingerprint density at radius 2 is 1.74 bits per heavy atom. The van der Waals surface area contributed by atoms with Gasteiger partial charge in [0.2, 0.25) is 0 Å². The molecule has 0 aliphatic carbocycles. The SMILES string of the molecule is CCCC[Si](C)(C)O[C@H]1O[C@H](CO)[C@@H](O)[C@H](O)[C@H]1O.